The van der Waals surface area contributed by atoms with E-state index >= 15 is 0 Å². The van der Waals surface area contributed by atoms with Gasteiger partial charge in [-0.1, -0.05) is 11.6 Å². The number of benzene rings is 1. The van der Waals surface area contributed by atoms with Gasteiger partial charge in [-0.2, -0.15) is 0 Å². The molecule has 1 N–H and O–H groups in total. The first-order valence-corrected chi connectivity index (χ1v) is 8.09. The molecule has 4 nitrogen and oxygen atoms in total. The van der Waals surface area contributed by atoms with Gasteiger partial charge in [0.25, 0.3) is 0 Å². The largest absolute Gasteiger partial charge is 0.312 e. The molecular weight excluding hydrogens is 286 g/mol. The van der Waals surface area contributed by atoms with Crippen molar-refractivity contribution in [3.63, 3.8) is 0 Å². The van der Waals surface area contributed by atoms with Crippen LogP contribution in [0.1, 0.15) is 16.8 Å². The molecule has 1 heterocycles. The van der Waals surface area contributed by atoms with Gasteiger partial charge in [-0.3, -0.25) is 4.79 Å². The van der Waals surface area contributed by atoms with Crippen LogP contribution >= 0.6 is 11.6 Å². The summed E-state index contributed by atoms with van der Waals surface area (Å²) in [4.78, 5) is 12.6. The Morgan fingerprint density at radius 1 is 1.26 bits per heavy atom. The molecule has 6 heteroatoms. The summed E-state index contributed by atoms with van der Waals surface area (Å²) >= 11 is 5.77. The van der Waals surface area contributed by atoms with Crippen molar-refractivity contribution in [3.05, 3.63) is 45.3 Å². The van der Waals surface area contributed by atoms with Crippen LogP contribution in [0.5, 0.6) is 0 Å². The smallest absolute Gasteiger partial charge is 0.191 e. The third kappa shape index (κ3) is 3.23. The van der Waals surface area contributed by atoms with E-state index in [4.69, 9.17) is 11.6 Å². The highest BCUT2D eigenvalue weighted by molar-refractivity contribution is 7.94. The summed E-state index contributed by atoms with van der Waals surface area (Å²) in [6.45, 7) is 0.851. The molecule has 19 heavy (non-hydrogen) atoms. The Morgan fingerprint density at radius 2 is 1.89 bits per heavy atom. The number of rotatable bonds is 3. The average molecular weight is 300 g/mol. The Balaban J connectivity index is 2.46. The summed E-state index contributed by atoms with van der Waals surface area (Å²) in [5.74, 6) is -0.260. The number of carbonyl (C=O) groups excluding carboxylic acids is 1. The Morgan fingerprint density at radius 3 is 2.47 bits per heavy atom. The summed E-state index contributed by atoms with van der Waals surface area (Å²) in [6.07, 6.45) is 1.50. The SMILES string of the molecule is CS(=O)(=O)C1=C(C(=O)c2ccc(Cl)cc2)CNCC1. The molecule has 1 aromatic carbocycles. The molecular formula is C13H14ClNO3S. The highest BCUT2D eigenvalue weighted by Crippen LogP contribution is 2.22. The fourth-order valence-electron chi connectivity index (χ4n) is 2.06. The minimum absolute atomic E-state index is 0.242. The van der Waals surface area contributed by atoms with Crippen LogP contribution in [0.25, 0.3) is 0 Å². The quantitative estimate of drug-likeness (QED) is 0.865. The second-order valence-corrected chi connectivity index (χ2v) is 6.91. The van der Waals surface area contributed by atoms with E-state index in [9.17, 15) is 13.2 Å². The van der Waals surface area contributed by atoms with E-state index in [1.165, 1.54) is 0 Å². The lowest BCUT2D eigenvalue weighted by atomic mass is 10.0. The van der Waals surface area contributed by atoms with E-state index < -0.39 is 9.84 Å². The summed E-state index contributed by atoms with van der Waals surface area (Å²) in [7, 11) is -3.34. The number of ketones is 1. The number of hydrogen-bond acceptors (Lipinski definition) is 4. The molecule has 1 aliphatic rings. The van der Waals surface area contributed by atoms with Crippen LogP contribution in [0.15, 0.2) is 34.7 Å². The van der Waals surface area contributed by atoms with Gasteiger partial charge in [0, 0.05) is 35.5 Å². The summed E-state index contributed by atoms with van der Waals surface area (Å²) in [6, 6.07) is 6.44. The molecule has 0 atom stereocenters. The highest BCUT2D eigenvalue weighted by Gasteiger charge is 2.25. The van der Waals surface area contributed by atoms with Gasteiger partial charge in [-0.25, -0.2) is 8.42 Å². The van der Waals surface area contributed by atoms with Crippen LogP contribution in [0.2, 0.25) is 5.02 Å². The lowest BCUT2D eigenvalue weighted by Gasteiger charge is -2.19. The molecule has 102 valence electrons. The van der Waals surface area contributed by atoms with Gasteiger partial charge in [0.05, 0.1) is 4.91 Å². The van der Waals surface area contributed by atoms with Crippen molar-refractivity contribution < 1.29 is 13.2 Å². The van der Waals surface area contributed by atoms with Crippen molar-refractivity contribution in [2.75, 3.05) is 19.3 Å². The zero-order chi connectivity index (χ0) is 14.0. The molecule has 0 radical (unpaired) electrons. The van der Waals surface area contributed by atoms with Crippen molar-refractivity contribution in [2.45, 2.75) is 6.42 Å². The maximum absolute atomic E-state index is 12.4. The molecule has 0 unspecified atom stereocenters. The lowest BCUT2D eigenvalue weighted by molar-refractivity contribution is 0.103. The summed E-state index contributed by atoms with van der Waals surface area (Å²) in [5, 5.41) is 3.57. The van der Waals surface area contributed by atoms with Gasteiger partial charge in [-0.05, 0) is 30.7 Å². The molecule has 0 spiro atoms. The van der Waals surface area contributed by atoms with E-state index in [1.807, 2.05) is 0 Å². The molecule has 2 rings (SSSR count). The maximum Gasteiger partial charge on any atom is 0.191 e. The van der Waals surface area contributed by atoms with Gasteiger partial charge in [-0.15, -0.1) is 0 Å². The van der Waals surface area contributed by atoms with Gasteiger partial charge in [0.1, 0.15) is 0 Å². The standard InChI is InChI=1S/C13H14ClNO3S/c1-19(17,18)12-6-7-15-8-11(12)13(16)9-2-4-10(14)5-3-9/h2-5,15H,6-8H2,1H3. The number of hydrogen-bond donors (Lipinski definition) is 1. The average Bonchev–Trinajstić information content (AvgIpc) is 2.38. The maximum atomic E-state index is 12.4. The molecule has 0 saturated carbocycles. The van der Waals surface area contributed by atoms with Crippen molar-refractivity contribution in [2.24, 2.45) is 0 Å². The van der Waals surface area contributed by atoms with Crippen LogP contribution < -0.4 is 5.32 Å². The topological polar surface area (TPSA) is 63.2 Å². The van der Waals surface area contributed by atoms with E-state index in [-0.39, 0.29) is 17.2 Å². The first-order chi connectivity index (χ1) is 8.89. The third-order valence-electron chi connectivity index (χ3n) is 3.00. The first-order valence-electron chi connectivity index (χ1n) is 5.82. The first kappa shape index (κ1) is 14.2. The van der Waals surface area contributed by atoms with E-state index in [0.717, 1.165) is 6.26 Å². The fraction of sp³-hybridized carbons (Fsp3) is 0.308. The summed E-state index contributed by atoms with van der Waals surface area (Å²) in [5.41, 5.74) is 0.778. The predicted octanol–water partition coefficient (Wildman–Crippen LogP) is 1.81. The summed E-state index contributed by atoms with van der Waals surface area (Å²) < 4.78 is 23.5. The van der Waals surface area contributed by atoms with Crippen molar-refractivity contribution in [1.82, 2.24) is 5.32 Å². The van der Waals surface area contributed by atoms with Crippen LogP contribution in [-0.4, -0.2) is 33.5 Å². The number of Topliss-reactive ketones (excluding diaryl/α,β-unsaturated/α-hetero) is 1. The molecule has 0 saturated heterocycles. The van der Waals surface area contributed by atoms with Gasteiger partial charge >= 0.3 is 0 Å². The minimum atomic E-state index is -3.34. The van der Waals surface area contributed by atoms with Gasteiger partial charge in [0.15, 0.2) is 15.6 Å². The molecule has 1 aliphatic heterocycles. The second kappa shape index (κ2) is 5.45. The van der Waals surface area contributed by atoms with Crippen LogP contribution in [0.4, 0.5) is 0 Å². The molecule has 0 aromatic heterocycles. The van der Waals surface area contributed by atoms with Crippen LogP contribution in [-0.2, 0) is 9.84 Å². The Labute approximate surface area is 117 Å². The normalized spacial score (nSPS) is 16.5. The number of sulfone groups is 1. The van der Waals surface area contributed by atoms with Gasteiger partial charge < -0.3 is 5.32 Å². The molecule has 0 bridgehead atoms. The lowest BCUT2D eigenvalue weighted by Crippen LogP contribution is -2.31. The molecule has 0 aliphatic carbocycles. The second-order valence-electron chi connectivity index (χ2n) is 4.44. The third-order valence-corrected chi connectivity index (χ3v) is 4.59. The van der Waals surface area contributed by atoms with Gasteiger partial charge in [0.2, 0.25) is 0 Å². The Kier molecular flexibility index (Phi) is 4.08. The molecule has 0 fully saturated rings. The Bertz CT molecular complexity index is 632. The predicted molar refractivity (Wildman–Crippen MR) is 75.1 cm³/mol. The minimum Gasteiger partial charge on any atom is -0.312 e. The highest BCUT2D eigenvalue weighted by atomic mass is 35.5. The zero-order valence-corrected chi connectivity index (χ0v) is 12.0. The van der Waals surface area contributed by atoms with Crippen molar-refractivity contribution >= 4 is 27.2 Å². The molecule has 0 amide bonds. The number of halogens is 1. The van der Waals surface area contributed by atoms with Crippen molar-refractivity contribution in [1.29, 1.82) is 0 Å². The zero-order valence-electron chi connectivity index (χ0n) is 10.4. The van der Waals surface area contributed by atoms with Crippen LogP contribution in [0.3, 0.4) is 0 Å². The fourth-order valence-corrected chi connectivity index (χ4v) is 3.27. The van der Waals surface area contributed by atoms with Crippen LogP contribution in [0, 0.1) is 0 Å². The van der Waals surface area contributed by atoms with E-state index in [2.05, 4.69) is 5.32 Å². The van der Waals surface area contributed by atoms with E-state index in [0.29, 0.717) is 29.1 Å². The van der Waals surface area contributed by atoms with Crippen molar-refractivity contribution in [3.8, 4) is 0 Å². The monoisotopic (exact) mass is 299 g/mol. The Hall–Kier alpha value is -1.17. The van der Waals surface area contributed by atoms with E-state index in [1.54, 1.807) is 24.3 Å². The number of carbonyl (C=O) groups is 1. The number of nitrogens with one attached hydrogen (secondary N) is 1. The molecule has 1 aromatic rings.